The minimum absolute atomic E-state index is 0. The summed E-state index contributed by atoms with van der Waals surface area (Å²) in [6.45, 7) is 7.03. The number of piperidine rings is 1. The van der Waals surface area contributed by atoms with E-state index >= 15 is 0 Å². The highest BCUT2D eigenvalue weighted by Crippen LogP contribution is 2.18. The first-order valence-corrected chi connectivity index (χ1v) is 9.51. The number of hydrogen-bond acceptors (Lipinski definition) is 5. The number of rotatable bonds is 6. The molecule has 0 aliphatic carbocycles. The maximum absolute atomic E-state index is 6.09. The molecule has 1 aromatic rings. The van der Waals surface area contributed by atoms with Gasteiger partial charge in [0.15, 0.2) is 5.96 Å². The zero-order valence-electron chi connectivity index (χ0n) is 15.6. The minimum atomic E-state index is 0. The van der Waals surface area contributed by atoms with E-state index in [9.17, 15) is 0 Å². The molecule has 0 aromatic carbocycles. The number of nitrogens with one attached hydrogen (secondary N) is 1. The maximum atomic E-state index is 6.09. The Morgan fingerprint density at radius 2 is 2.19 bits per heavy atom. The monoisotopic (exact) mass is 478 g/mol. The quantitative estimate of drug-likeness (QED) is 0.385. The van der Waals surface area contributed by atoms with E-state index in [1.54, 1.807) is 6.26 Å². The van der Waals surface area contributed by atoms with Crippen LogP contribution in [0.2, 0.25) is 0 Å². The van der Waals surface area contributed by atoms with E-state index in [4.69, 9.17) is 14.0 Å². The Kier molecular flexibility index (Phi) is 9.69. The fraction of sp³-hybridized carbons (Fsp3) is 0.778. The molecule has 0 amide bonds. The fourth-order valence-corrected chi connectivity index (χ4v) is 3.32. The predicted octanol–water partition coefficient (Wildman–Crippen LogP) is 2.81. The number of ether oxygens (including phenoxy) is 2. The second-order valence-electron chi connectivity index (χ2n) is 6.67. The average molecular weight is 478 g/mol. The van der Waals surface area contributed by atoms with E-state index in [-0.39, 0.29) is 24.0 Å². The first-order chi connectivity index (χ1) is 12.3. The van der Waals surface area contributed by atoms with Crippen molar-refractivity contribution in [2.24, 2.45) is 4.99 Å². The van der Waals surface area contributed by atoms with E-state index in [2.05, 4.69) is 27.3 Å². The standard InChI is InChI=1S/C18H30N4O3.HI/c1-2-19-18(20-13-15-8-12-25-21-15)22-9-6-16(7-10-22)24-14-17-5-3-4-11-23-17;/h8,12,16-17H,2-7,9-11,13-14H2,1H3,(H,19,20);1H. The summed E-state index contributed by atoms with van der Waals surface area (Å²) in [6.07, 6.45) is 7.86. The Hall–Kier alpha value is -0.870. The van der Waals surface area contributed by atoms with Crippen molar-refractivity contribution < 1.29 is 14.0 Å². The Bertz CT molecular complexity index is 513. The molecule has 0 spiro atoms. The first-order valence-electron chi connectivity index (χ1n) is 9.51. The molecule has 1 N–H and O–H groups in total. The van der Waals surface area contributed by atoms with E-state index in [1.165, 1.54) is 12.8 Å². The Morgan fingerprint density at radius 3 is 2.85 bits per heavy atom. The van der Waals surface area contributed by atoms with Gasteiger partial charge in [-0.3, -0.25) is 0 Å². The molecular weight excluding hydrogens is 447 g/mol. The van der Waals surface area contributed by atoms with Crippen LogP contribution in [0, 0.1) is 0 Å². The fourth-order valence-electron chi connectivity index (χ4n) is 3.32. The van der Waals surface area contributed by atoms with Gasteiger partial charge in [0, 0.05) is 32.3 Å². The van der Waals surface area contributed by atoms with Crippen molar-refractivity contribution in [2.45, 2.75) is 57.8 Å². The van der Waals surface area contributed by atoms with Crippen molar-refractivity contribution in [2.75, 3.05) is 32.8 Å². The molecule has 1 atom stereocenters. The Labute approximate surface area is 172 Å². The normalized spacial score (nSPS) is 22.1. The van der Waals surface area contributed by atoms with Gasteiger partial charge in [0.25, 0.3) is 0 Å². The van der Waals surface area contributed by atoms with Gasteiger partial charge in [-0.15, -0.1) is 24.0 Å². The van der Waals surface area contributed by atoms with Crippen LogP contribution in [-0.4, -0.2) is 61.1 Å². The molecule has 2 aliphatic heterocycles. The number of aromatic nitrogens is 1. The second-order valence-corrected chi connectivity index (χ2v) is 6.67. The van der Waals surface area contributed by atoms with Crippen LogP contribution in [0.1, 0.15) is 44.7 Å². The number of guanidine groups is 1. The van der Waals surface area contributed by atoms with Gasteiger partial charge in [0.1, 0.15) is 12.0 Å². The molecule has 148 valence electrons. The SMILES string of the molecule is CCNC(=NCc1ccon1)N1CCC(OCC2CCCCO2)CC1.I. The van der Waals surface area contributed by atoms with Crippen molar-refractivity contribution >= 4 is 29.9 Å². The van der Waals surface area contributed by atoms with Crippen LogP contribution in [-0.2, 0) is 16.0 Å². The minimum Gasteiger partial charge on any atom is -0.376 e. The van der Waals surface area contributed by atoms with Gasteiger partial charge >= 0.3 is 0 Å². The lowest BCUT2D eigenvalue weighted by Crippen LogP contribution is -2.47. The lowest BCUT2D eigenvalue weighted by molar-refractivity contribution is -0.0721. The van der Waals surface area contributed by atoms with E-state index in [0.717, 1.165) is 63.8 Å². The zero-order valence-corrected chi connectivity index (χ0v) is 17.9. The van der Waals surface area contributed by atoms with Crippen LogP contribution in [0.4, 0.5) is 0 Å². The van der Waals surface area contributed by atoms with Crippen molar-refractivity contribution in [1.82, 2.24) is 15.4 Å². The van der Waals surface area contributed by atoms with Gasteiger partial charge < -0.3 is 24.2 Å². The van der Waals surface area contributed by atoms with Gasteiger partial charge in [-0.2, -0.15) is 0 Å². The summed E-state index contributed by atoms with van der Waals surface area (Å²) in [7, 11) is 0. The smallest absolute Gasteiger partial charge is 0.194 e. The number of likely N-dealkylation sites (tertiary alicyclic amines) is 1. The number of hydrogen-bond donors (Lipinski definition) is 1. The third-order valence-corrected chi connectivity index (χ3v) is 4.75. The summed E-state index contributed by atoms with van der Waals surface area (Å²) >= 11 is 0. The van der Waals surface area contributed by atoms with Crippen LogP contribution < -0.4 is 5.32 Å². The molecule has 1 unspecified atom stereocenters. The topological polar surface area (TPSA) is 72.1 Å². The number of halogens is 1. The van der Waals surface area contributed by atoms with E-state index in [0.29, 0.717) is 18.8 Å². The molecule has 0 saturated carbocycles. The molecule has 26 heavy (non-hydrogen) atoms. The van der Waals surface area contributed by atoms with Gasteiger partial charge in [0.05, 0.1) is 25.4 Å². The molecule has 0 bridgehead atoms. The average Bonchev–Trinajstić information content (AvgIpc) is 3.18. The third-order valence-electron chi connectivity index (χ3n) is 4.75. The largest absolute Gasteiger partial charge is 0.376 e. The zero-order chi connectivity index (χ0) is 17.3. The molecule has 1 aromatic heterocycles. The first kappa shape index (κ1) is 21.4. The summed E-state index contributed by atoms with van der Waals surface area (Å²) in [5.74, 6) is 0.944. The summed E-state index contributed by atoms with van der Waals surface area (Å²) in [5, 5.41) is 7.28. The summed E-state index contributed by atoms with van der Waals surface area (Å²) in [5.41, 5.74) is 0.848. The van der Waals surface area contributed by atoms with Crippen LogP contribution in [0.25, 0.3) is 0 Å². The maximum Gasteiger partial charge on any atom is 0.194 e. The lowest BCUT2D eigenvalue weighted by atomic mass is 10.1. The molecule has 7 nitrogen and oxygen atoms in total. The van der Waals surface area contributed by atoms with Crippen LogP contribution in [0.15, 0.2) is 21.8 Å². The van der Waals surface area contributed by atoms with Crippen molar-refractivity contribution in [3.63, 3.8) is 0 Å². The predicted molar refractivity (Wildman–Crippen MR) is 111 cm³/mol. The van der Waals surface area contributed by atoms with Crippen LogP contribution >= 0.6 is 24.0 Å². The van der Waals surface area contributed by atoms with Crippen LogP contribution in [0.5, 0.6) is 0 Å². The van der Waals surface area contributed by atoms with Crippen molar-refractivity contribution in [3.05, 3.63) is 18.0 Å². The van der Waals surface area contributed by atoms with Crippen molar-refractivity contribution in [1.29, 1.82) is 0 Å². The molecule has 2 fully saturated rings. The van der Waals surface area contributed by atoms with Gasteiger partial charge in [-0.05, 0) is 39.0 Å². The molecule has 3 heterocycles. The highest BCUT2D eigenvalue weighted by atomic mass is 127. The number of aliphatic imine (C=N–C) groups is 1. The molecule has 3 rings (SSSR count). The highest BCUT2D eigenvalue weighted by Gasteiger charge is 2.23. The van der Waals surface area contributed by atoms with E-state index in [1.807, 2.05) is 6.07 Å². The molecule has 8 heteroatoms. The number of nitrogens with zero attached hydrogens (tertiary/aromatic N) is 3. The Balaban J connectivity index is 0.00000243. The summed E-state index contributed by atoms with van der Waals surface area (Å²) in [6, 6.07) is 1.85. The molecule has 0 radical (unpaired) electrons. The lowest BCUT2D eigenvalue weighted by Gasteiger charge is -2.35. The second kappa shape index (κ2) is 11.8. The molecule has 2 saturated heterocycles. The van der Waals surface area contributed by atoms with Gasteiger partial charge in [0.2, 0.25) is 0 Å². The Morgan fingerprint density at radius 1 is 1.35 bits per heavy atom. The van der Waals surface area contributed by atoms with Crippen molar-refractivity contribution in [3.8, 4) is 0 Å². The van der Waals surface area contributed by atoms with Gasteiger partial charge in [-0.1, -0.05) is 5.16 Å². The van der Waals surface area contributed by atoms with Gasteiger partial charge in [-0.25, -0.2) is 4.99 Å². The third kappa shape index (κ3) is 6.70. The summed E-state index contributed by atoms with van der Waals surface area (Å²) in [4.78, 5) is 6.98. The summed E-state index contributed by atoms with van der Waals surface area (Å²) < 4.78 is 16.7. The molecular formula is C18H31IN4O3. The van der Waals surface area contributed by atoms with E-state index < -0.39 is 0 Å². The molecule has 2 aliphatic rings. The highest BCUT2D eigenvalue weighted by molar-refractivity contribution is 14.0. The van der Waals surface area contributed by atoms with Crippen LogP contribution in [0.3, 0.4) is 0 Å².